The Morgan fingerprint density at radius 3 is 2.47 bits per heavy atom. The van der Waals surface area contributed by atoms with Crippen molar-refractivity contribution in [3.05, 3.63) is 70.8 Å². The van der Waals surface area contributed by atoms with Gasteiger partial charge >= 0.3 is 6.18 Å². The van der Waals surface area contributed by atoms with Gasteiger partial charge in [-0.25, -0.2) is 15.0 Å². The number of aromatic nitrogens is 3. The first-order valence-electron chi connectivity index (χ1n) is 11.2. The van der Waals surface area contributed by atoms with Gasteiger partial charge in [-0.15, -0.1) is 0 Å². The molecule has 3 aromatic heterocycles. The lowest BCUT2D eigenvalue weighted by atomic mass is 10.1. The zero-order chi connectivity index (χ0) is 26.2. The minimum atomic E-state index is -4.53. The lowest BCUT2D eigenvalue weighted by Gasteiger charge is -2.25. The molecule has 0 fully saturated rings. The van der Waals surface area contributed by atoms with Crippen LogP contribution in [-0.2, 0) is 17.5 Å². The number of halogens is 3. The van der Waals surface area contributed by atoms with Crippen LogP contribution in [0.1, 0.15) is 59.6 Å². The van der Waals surface area contributed by atoms with E-state index in [4.69, 9.17) is 4.74 Å². The smallest absolute Gasteiger partial charge is 0.433 e. The highest BCUT2D eigenvalue weighted by molar-refractivity contribution is 6.01. The molecular weight excluding hydrogens is 475 g/mol. The number of alkyl halides is 3. The summed E-state index contributed by atoms with van der Waals surface area (Å²) >= 11 is 0. The van der Waals surface area contributed by atoms with Gasteiger partial charge in [0.25, 0.3) is 5.91 Å². The second-order valence-corrected chi connectivity index (χ2v) is 8.81. The van der Waals surface area contributed by atoms with E-state index in [0.29, 0.717) is 22.5 Å². The van der Waals surface area contributed by atoms with Crippen LogP contribution in [0.4, 0.5) is 19.0 Å². The van der Waals surface area contributed by atoms with E-state index in [1.165, 1.54) is 12.3 Å². The number of anilines is 1. The normalized spacial score (nSPS) is 14.1. The van der Waals surface area contributed by atoms with E-state index in [1.54, 1.807) is 44.0 Å². The number of carbonyl (C=O) groups is 2. The highest BCUT2D eigenvalue weighted by Gasteiger charge is 2.34. The highest BCUT2D eigenvalue weighted by atomic mass is 19.4. The van der Waals surface area contributed by atoms with Crippen LogP contribution >= 0.6 is 0 Å². The molecule has 1 atom stereocenters. The molecular formula is C25H24F3N5O3. The number of nitrogens with zero attached hydrogens (tertiary/aromatic N) is 4. The molecule has 1 unspecified atom stereocenters. The van der Waals surface area contributed by atoms with Gasteiger partial charge in [0, 0.05) is 35.0 Å². The van der Waals surface area contributed by atoms with Gasteiger partial charge in [0.2, 0.25) is 11.8 Å². The van der Waals surface area contributed by atoms with E-state index in [2.05, 4.69) is 20.3 Å². The Morgan fingerprint density at radius 1 is 1.11 bits per heavy atom. The summed E-state index contributed by atoms with van der Waals surface area (Å²) < 4.78 is 43.8. The quantitative estimate of drug-likeness (QED) is 0.494. The monoisotopic (exact) mass is 499 g/mol. The zero-order valence-electron chi connectivity index (χ0n) is 20.1. The average molecular weight is 499 g/mol. The molecule has 0 spiro atoms. The van der Waals surface area contributed by atoms with Crippen molar-refractivity contribution in [2.45, 2.75) is 46.5 Å². The van der Waals surface area contributed by atoms with Crippen molar-refractivity contribution in [1.29, 1.82) is 0 Å². The maximum atomic E-state index is 13.1. The molecule has 0 bridgehead atoms. The molecule has 8 nitrogen and oxygen atoms in total. The van der Waals surface area contributed by atoms with Gasteiger partial charge in [-0.05, 0) is 43.7 Å². The maximum absolute atomic E-state index is 13.1. The lowest BCUT2D eigenvalue weighted by Crippen LogP contribution is -2.27. The molecule has 0 saturated carbocycles. The third kappa shape index (κ3) is 5.00. The Kier molecular flexibility index (Phi) is 6.66. The van der Waals surface area contributed by atoms with Crippen LogP contribution in [0.5, 0.6) is 11.6 Å². The fourth-order valence-corrected chi connectivity index (χ4v) is 3.75. The molecule has 1 N–H and O–H groups in total. The van der Waals surface area contributed by atoms with Crippen molar-refractivity contribution in [2.75, 3.05) is 5.32 Å². The van der Waals surface area contributed by atoms with Crippen LogP contribution in [0.3, 0.4) is 0 Å². The number of fused-ring (bicyclic) bond motifs is 1. The van der Waals surface area contributed by atoms with Gasteiger partial charge in [0.05, 0.1) is 18.8 Å². The number of pyridine rings is 3. The summed E-state index contributed by atoms with van der Waals surface area (Å²) in [5.74, 6) is 0.0992. The SMILES string of the molecule is Cc1cc(C(C)N2Cc3c(ccnc3NC(=O)C(C)C)C2=O)cnc1Oc1ccc(C(F)(F)F)nc1. The molecule has 2 amide bonds. The number of rotatable bonds is 6. The van der Waals surface area contributed by atoms with E-state index >= 15 is 0 Å². The number of ether oxygens (including phenoxy) is 1. The minimum absolute atomic E-state index is 0.119. The summed E-state index contributed by atoms with van der Waals surface area (Å²) in [6, 6.07) is 5.10. The predicted molar refractivity (Wildman–Crippen MR) is 124 cm³/mol. The summed E-state index contributed by atoms with van der Waals surface area (Å²) in [5, 5.41) is 2.79. The van der Waals surface area contributed by atoms with Crippen molar-refractivity contribution in [2.24, 2.45) is 5.92 Å². The largest absolute Gasteiger partial charge is 0.437 e. The van der Waals surface area contributed by atoms with Crippen LogP contribution in [-0.4, -0.2) is 31.7 Å². The number of amides is 2. The van der Waals surface area contributed by atoms with Gasteiger partial charge < -0.3 is 15.0 Å². The third-order valence-corrected chi connectivity index (χ3v) is 5.88. The molecule has 1 aliphatic rings. The van der Waals surface area contributed by atoms with Gasteiger partial charge in [-0.3, -0.25) is 9.59 Å². The summed E-state index contributed by atoms with van der Waals surface area (Å²) in [4.78, 5) is 38.9. The van der Waals surface area contributed by atoms with E-state index in [-0.39, 0.29) is 41.9 Å². The van der Waals surface area contributed by atoms with Crippen LogP contribution in [0.15, 0.2) is 42.9 Å². The zero-order valence-corrected chi connectivity index (χ0v) is 20.1. The fraction of sp³-hybridized carbons (Fsp3) is 0.320. The molecule has 0 aromatic carbocycles. The molecule has 36 heavy (non-hydrogen) atoms. The summed E-state index contributed by atoms with van der Waals surface area (Å²) in [5.41, 5.74) is 1.50. The molecule has 0 saturated heterocycles. The van der Waals surface area contributed by atoms with Crippen molar-refractivity contribution < 1.29 is 27.5 Å². The summed E-state index contributed by atoms with van der Waals surface area (Å²) in [6.07, 6.45) is -0.493. The van der Waals surface area contributed by atoms with Crippen molar-refractivity contribution in [3.8, 4) is 11.6 Å². The Bertz CT molecular complexity index is 1310. The molecule has 4 heterocycles. The van der Waals surface area contributed by atoms with Crippen LogP contribution < -0.4 is 10.1 Å². The second kappa shape index (κ2) is 9.56. The first-order valence-corrected chi connectivity index (χ1v) is 11.2. The third-order valence-electron chi connectivity index (χ3n) is 5.88. The summed E-state index contributed by atoms with van der Waals surface area (Å²) in [7, 11) is 0. The molecule has 0 aliphatic carbocycles. The number of carbonyl (C=O) groups excluding carboxylic acids is 2. The molecule has 0 radical (unpaired) electrons. The summed E-state index contributed by atoms with van der Waals surface area (Å²) in [6.45, 7) is 7.43. The van der Waals surface area contributed by atoms with Crippen molar-refractivity contribution >= 4 is 17.6 Å². The fourth-order valence-electron chi connectivity index (χ4n) is 3.75. The minimum Gasteiger partial charge on any atom is -0.437 e. The molecule has 11 heteroatoms. The number of aryl methyl sites for hydroxylation is 1. The first kappa shape index (κ1) is 25.1. The van der Waals surface area contributed by atoms with Crippen molar-refractivity contribution in [1.82, 2.24) is 19.9 Å². The van der Waals surface area contributed by atoms with E-state index in [0.717, 1.165) is 17.8 Å². The van der Waals surface area contributed by atoms with Gasteiger partial charge in [-0.2, -0.15) is 13.2 Å². The van der Waals surface area contributed by atoms with Crippen LogP contribution in [0.2, 0.25) is 0 Å². The molecule has 188 valence electrons. The van der Waals surface area contributed by atoms with Gasteiger partial charge in [-0.1, -0.05) is 13.8 Å². The predicted octanol–water partition coefficient (Wildman–Crippen LogP) is 5.30. The number of nitrogens with one attached hydrogen (secondary N) is 1. The van der Waals surface area contributed by atoms with Crippen LogP contribution in [0, 0.1) is 12.8 Å². The Hall–Kier alpha value is -4.02. The molecule has 3 aromatic rings. The average Bonchev–Trinajstić information content (AvgIpc) is 3.17. The first-order chi connectivity index (χ1) is 17.0. The molecule has 1 aliphatic heterocycles. The highest BCUT2D eigenvalue weighted by Crippen LogP contribution is 2.35. The molecule has 4 rings (SSSR count). The Morgan fingerprint density at radius 2 is 1.86 bits per heavy atom. The number of hydrogen-bond donors (Lipinski definition) is 1. The van der Waals surface area contributed by atoms with E-state index in [1.807, 2.05) is 6.92 Å². The standard InChI is InChI=1S/C25H24F3N5O3/c1-13(2)22(34)32-21-19-12-33(24(35)18(19)7-8-29-21)15(4)16-9-14(3)23(31-10-16)36-17-5-6-20(30-11-17)25(26,27)28/h5-11,13,15H,12H2,1-4H3,(H,29,32,34). The van der Waals surface area contributed by atoms with E-state index in [9.17, 15) is 22.8 Å². The Balaban J connectivity index is 1.51. The second-order valence-electron chi connectivity index (χ2n) is 8.81. The van der Waals surface area contributed by atoms with Gasteiger partial charge in [0.1, 0.15) is 17.3 Å². The lowest BCUT2D eigenvalue weighted by molar-refractivity contribution is -0.141. The Labute approximate surface area is 205 Å². The number of hydrogen-bond acceptors (Lipinski definition) is 6. The van der Waals surface area contributed by atoms with Crippen molar-refractivity contribution in [3.63, 3.8) is 0 Å². The van der Waals surface area contributed by atoms with E-state index < -0.39 is 11.9 Å². The maximum Gasteiger partial charge on any atom is 0.433 e. The topological polar surface area (TPSA) is 97.3 Å². The van der Waals surface area contributed by atoms with Gasteiger partial charge in [0.15, 0.2) is 0 Å². The van der Waals surface area contributed by atoms with Crippen LogP contribution in [0.25, 0.3) is 0 Å².